The number of carboxylic acid groups (broad SMARTS) is 1. The van der Waals surface area contributed by atoms with Crippen molar-refractivity contribution in [2.45, 2.75) is 51.0 Å². The van der Waals surface area contributed by atoms with Crippen molar-refractivity contribution in [1.29, 1.82) is 0 Å². The Labute approximate surface area is 192 Å². The van der Waals surface area contributed by atoms with E-state index >= 15 is 0 Å². The highest BCUT2D eigenvalue weighted by molar-refractivity contribution is 5.82. The fourth-order valence-electron chi connectivity index (χ4n) is 5.00. The van der Waals surface area contributed by atoms with Crippen LogP contribution in [0.5, 0.6) is 0 Å². The smallest absolute Gasteiger partial charge is 0.305 e. The summed E-state index contributed by atoms with van der Waals surface area (Å²) in [6, 6.07) is 7.20. The number of likely N-dealkylation sites (tertiary alicyclic amines) is 1. The van der Waals surface area contributed by atoms with Crippen molar-refractivity contribution >= 4 is 28.7 Å². The highest BCUT2D eigenvalue weighted by Crippen LogP contribution is 2.34. The van der Waals surface area contributed by atoms with Crippen LogP contribution in [0.2, 0.25) is 0 Å². The zero-order chi connectivity index (χ0) is 22.8. The fourth-order valence-corrected chi connectivity index (χ4v) is 5.00. The van der Waals surface area contributed by atoms with Crippen LogP contribution in [0.3, 0.4) is 0 Å². The average molecular weight is 449 g/mol. The normalized spacial score (nSPS) is 18.8. The summed E-state index contributed by atoms with van der Waals surface area (Å²) in [7, 11) is 0. The number of carbonyl (C=O) groups excluding carboxylic acids is 1. The summed E-state index contributed by atoms with van der Waals surface area (Å²) in [5, 5.41) is 12.9. The van der Waals surface area contributed by atoms with Gasteiger partial charge >= 0.3 is 5.97 Å². The van der Waals surface area contributed by atoms with Gasteiger partial charge in [-0.05, 0) is 62.3 Å². The van der Waals surface area contributed by atoms with Crippen LogP contribution in [-0.2, 0) is 22.4 Å². The molecule has 1 saturated heterocycles. The first-order valence-corrected chi connectivity index (χ1v) is 11.7. The Hall–Kier alpha value is -3.42. The lowest BCUT2D eigenvalue weighted by atomic mass is 9.99. The number of aryl methyl sites for hydroxylation is 2. The zero-order valence-electron chi connectivity index (χ0n) is 18.5. The average Bonchev–Trinajstić information content (AvgIpc) is 3.43. The number of rotatable bonds is 8. The van der Waals surface area contributed by atoms with Crippen LogP contribution in [0.25, 0.3) is 11.1 Å². The van der Waals surface area contributed by atoms with Crippen molar-refractivity contribution in [2.75, 3.05) is 18.4 Å². The lowest BCUT2D eigenvalue weighted by molar-refractivity contribution is -0.140. The molecule has 2 aliphatic rings. The number of aromatic nitrogens is 2. The Kier molecular flexibility index (Phi) is 5.98. The van der Waals surface area contributed by atoms with E-state index in [0.717, 1.165) is 62.1 Å². The third kappa shape index (κ3) is 4.55. The van der Waals surface area contributed by atoms with Gasteiger partial charge in [-0.15, -0.1) is 0 Å². The minimum atomic E-state index is -0.941. The quantitative estimate of drug-likeness (QED) is 0.537. The Morgan fingerprint density at radius 2 is 2.24 bits per heavy atom. The van der Waals surface area contributed by atoms with Crippen molar-refractivity contribution < 1.29 is 19.1 Å². The van der Waals surface area contributed by atoms with Crippen LogP contribution < -0.4 is 5.32 Å². The first kappa shape index (κ1) is 21.4. The van der Waals surface area contributed by atoms with Gasteiger partial charge in [0.25, 0.3) is 0 Å². The molecule has 0 bridgehead atoms. The Morgan fingerprint density at radius 1 is 1.33 bits per heavy atom. The van der Waals surface area contributed by atoms with Gasteiger partial charge in [-0.3, -0.25) is 19.6 Å². The van der Waals surface area contributed by atoms with Gasteiger partial charge in [0.05, 0.1) is 30.1 Å². The predicted octanol–water partition coefficient (Wildman–Crippen LogP) is 3.97. The molecule has 0 aromatic carbocycles. The minimum absolute atomic E-state index is 0.0309. The van der Waals surface area contributed by atoms with Crippen LogP contribution in [0, 0.1) is 5.92 Å². The summed E-state index contributed by atoms with van der Waals surface area (Å²) in [5.41, 5.74) is 5.35. The highest BCUT2D eigenvalue weighted by Gasteiger charge is 2.37. The number of nitrogens with one attached hydrogen (secondary N) is 1. The first-order chi connectivity index (χ1) is 16.1. The molecule has 0 radical (unpaired) electrons. The third-order valence-corrected chi connectivity index (χ3v) is 6.73. The summed E-state index contributed by atoms with van der Waals surface area (Å²) in [6.07, 6.45) is 8.42. The number of nitrogens with zero attached hydrogens (tertiary/aromatic N) is 3. The topological polar surface area (TPSA) is 109 Å². The minimum Gasteiger partial charge on any atom is -0.481 e. The number of hydrogen-bond acceptors (Lipinski definition) is 6. The highest BCUT2D eigenvalue weighted by atomic mass is 16.4. The maximum Gasteiger partial charge on any atom is 0.305 e. The molecule has 0 spiro atoms. The molecule has 5 heterocycles. The lowest BCUT2D eigenvalue weighted by Gasteiger charge is -2.27. The fraction of sp³-hybridized carbons (Fsp3) is 0.440. The number of carbonyl (C=O) groups is 2. The summed E-state index contributed by atoms with van der Waals surface area (Å²) < 4.78 is 5.43. The molecule has 3 aromatic rings. The van der Waals surface area contributed by atoms with E-state index in [1.54, 1.807) is 29.5 Å². The molecular weight excluding hydrogens is 420 g/mol. The molecule has 1 amide bonds. The van der Waals surface area contributed by atoms with Crippen LogP contribution in [-0.4, -0.2) is 44.9 Å². The van der Waals surface area contributed by atoms with E-state index in [0.29, 0.717) is 23.2 Å². The maximum atomic E-state index is 13.2. The number of pyridine rings is 2. The van der Waals surface area contributed by atoms with Crippen molar-refractivity contribution in [3.05, 3.63) is 53.7 Å². The lowest BCUT2D eigenvalue weighted by Crippen LogP contribution is -2.33. The van der Waals surface area contributed by atoms with E-state index in [4.69, 9.17) is 9.40 Å². The monoisotopic (exact) mass is 448 g/mol. The summed E-state index contributed by atoms with van der Waals surface area (Å²) >= 11 is 0. The molecule has 2 unspecified atom stereocenters. The van der Waals surface area contributed by atoms with Crippen molar-refractivity contribution in [2.24, 2.45) is 5.92 Å². The molecule has 8 nitrogen and oxygen atoms in total. The second-order valence-electron chi connectivity index (χ2n) is 8.92. The number of aliphatic carboxylic acids is 1. The molecule has 33 heavy (non-hydrogen) atoms. The zero-order valence-corrected chi connectivity index (χ0v) is 18.5. The molecule has 3 aromatic heterocycles. The molecule has 5 rings (SSSR count). The predicted molar refractivity (Wildman–Crippen MR) is 123 cm³/mol. The molecule has 172 valence electrons. The number of furan rings is 1. The molecule has 0 saturated carbocycles. The first-order valence-electron chi connectivity index (χ1n) is 11.7. The molecule has 2 N–H and O–H groups in total. The van der Waals surface area contributed by atoms with Gasteiger partial charge < -0.3 is 19.7 Å². The third-order valence-electron chi connectivity index (χ3n) is 6.73. The van der Waals surface area contributed by atoms with Crippen LogP contribution in [0.4, 0.5) is 5.69 Å². The number of hydrogen-bond donors (Lipinski definition) is 2. The number of fused-ring (bicyclic) bond motifs is 2. The molecular formula is C25H28N4O4. The largest absolute Gasteiger partial charge is 0.481 e. The molecule has 1 fully saturated rings. The van der Waals surface area contributed by atoms with E-state index < -0.39 is 12.0 Å². The summed E-state index contributed by atoms with van der Waals surface area (Å²) in [6.45, 7) is 1.56. The van der Waals surface area contributed by atoms with Gasteiger partial charge in [0, 0.05) is 37.0 Å². The molecule has 8 heteroatoms. The van der Waals surface area contributed by atoms with E-state index in [-0.39, 0.29) is 18.2 Å². The second kappa shape index (κ2) is 9.21. The van der Waals surface area contributed by atoms with Crippen molar-refractivity contribution in [3.63, 3.8) is 0 Å². The Bertz CT molecular complexity index is 1170. The van der Waals surface area contributed by atoms with Crippen molar-refractivity contribution in [1.82, 2.24) is 14.9 Å². The van der Waals surface area contributed by atoms with Crippen molar-refractivity contribution in [3.8, 4) is 0 Å². The van der Waals surface area contributed by atoms with Gasteiger partial charge in [0.2, 0.25) is 5.91 Å². The van der Waals surface area contributed by atoms with Gasteiger partial charge in [-0.25, -0.2) is 0 Å². The molecule has 0 aliphatic carbocycles. The van der Waals surface area contributed by atoms with Gasteiger partial charge in [-0.2, -0.15) is 0 Å². The van der Waals surface area contributed by atoms with Gasteiger partial charge in [-0.1, -0.05) is 0 Å². The van der Waals surface area contributed by atoms with Crippen LogP contribution in [0.15, 0.2) is 41.1 Å². The van der Waals surface area contributed by atoms with E-state index in [1.165, 1.54) is 0 Å². The van der Waals surface area contributed by atoms with E-state index in [2.05, 4.69) is 22.4 Å². The number of anilines is 1. The second-order valence-corrected chi connectivity index (χ2v) is 8.92. The molecule has 2 aliphatic heterocycles. The standard InChI is InChI=1S/C25H28N4O4/c30-24(31)14-22(17-13-23-21(27-15-17)9-12-33-23)29-11-8-16(25(29)32)3-1-4-18-6-7-19-20(28-18)5-2-10-26-19/h6-7,9,12-13,15-16,22,26H,1-5,8,10-11,14H2,(H,30,31). The van der Waals surface area contributed by atoms with E-state index in [9.17, 15) is 14.7 Å². The van der Waals surface area contributed by atoms with E-state index in [1.807, 2.05) is 0 Å². The van der Waals surface area contributed by atoms with Crippen LogP contribution in [0.1, 0.15) is 55.1 Å². The Morgan fingerprint density at radius 3 is 3.12 bits per heavy atom. The molecule has 2 atom stereocenters. The summed E-state index contributed by atoms with van der Waals surface area (Å²) in [5.74, 6) is -0.993. The van der Waals surface area contributed by atoms with Gasteiger partial charge in [0.1, 0.15) is 5.52 Å². The Balaban J connectivity index is 1.23. The number of carboxylic acids is 1. The maximum absolute atomic E-state index is 13.2. The van der Waals surface area contributed by atoms with Crippen LogP contribution >= 0.6 is 0 Å². The van der Waals surface area contributed by atoms with Gasteiger partial charge in [0.15, 0.2) is 5.58 Å². The summed E-state index contributed by atoms with van der Waals surface area (Å²) in [4.78, 5) is 35.7. The SMILES string of the molecule is O=C(O)CC(c1cnc2ccoc2c1)N1CCC(CCCc2ccc3c(n2)CCCN3)C1=O. The number of amides is 1.